The Balaban J connectivity index is 3.75. The zero-order valence-corrected chi connectivity index (χ0v) is 14.7. The van der Waals surface area contributed by atoms with Crippen molar-refractivity contribution in [1.29, 1.82) is 0 Å². The summed E-state index contributed by atoms with van der Waals surface area (Å²) in [5.74, 6) is -0.833. The lowest BCUT2D eigenvalue weighted by atomic mass is 10.1. The number of allylic oxidation sites excluding steroid dienone is 6. The minimum absolute atomic E-state index is 0.0896. The molecule has 2 atom stereocenters. The number of rotatable bonds is 14. The highest BCUT2D eigenvalue weighted by atomic mass is 16.4. The molecule has 0 aromatic rings. The van der Waals surface area contributed by atoms with Crippen molar-refractivity contribution in [2.24, 2.45) is 0 Å². The second kappa shape index (κ2) is 16.2. The molecule has 0 rings (SSSR count). The van der Waals surface area contributed by atoms with Gasteiger partial charge in [-0.2, -0.15) is 0 Å². The number of hydrogen-bond acceptors (Lipinski definition) is 3. The van der Waals surface area contributed by atoms with Gasteiger partial charge < -0.3 is 15.3 Å². The van der Waals surface area contributed by atoms with Crippen LogP contribution < -0.4 is 0 Å². The molecule has 0 aromatic heterocycles. The highest BCUT2D eigenvalue weighted by Gasteiger charge is 2.01. The van der Waals surface area contributed by atoms with E-state index in [-0.39, 0.29) is 12.5 Å². The lowest BCUT2D eigenvalue weighted by Crippen LogP contribution is -2.03. The van der Waals surface area contributed by atoms with Crippen LogP contribution in [0, 0.1) is 0 Å². The molecule has 0 aliphatic rings. The maximum absolute atomic E-state index is 10.3. The molecular formula is C20H32O4. The van der Waals surface area contributed by atoms with E-state index in [4.69, 9.17) is 5.11 Å². The van der Waals surface area contributed by atoms with Crippen LogP contribution in [-0.2, 0) is 4.79 Å². The van der Waals surface area contributed by atoms with Crippen molar-refractivity contribution in [3.8, 4) is 0 Å². The molecule has 0 aliphatic carbocycles. The van der Waals surface area contributed by atoms with E-state index in [9.17, 15) is 15.0 Å². The second-order valence-corrected chi connectivity index (χ2v) is 5.78. The summed E-state index contributed by atoms with van der Waals surface area (Å²) in [5.41, 5.74) is 0. The number of aliphatic carboxylic acids is 1. The van der Waals surface area contributed by atoms with E-state index in [2.05, 4.69) is 6.92 Å². The van der Waals surface area contributed by atoms with Gasteiger partial charge >= 0.3 is 5.97 Å². The highest BCUT2D eigenvalue weighted by Crippen LogP contribution is 2.04. The molecule has 0 fully saturated rings. The fraction of sp³-hybridized carbons (Fsp3) is 0.550. The summed E-state index contributed by atoms with van der Waals surface area (Å²) in [6.45, 7) is 2.15. The Morgan fingerprint density at radius 2 is 1.42 bits per heavy atom. The minimum Gasteiger partial charge on any atom is -0.481 e. The summed E-state index contributed by atoms with van der Waals surface area (Å²) in [6, 6.07) is 0. The van der Waals surface area contributed by atoms with Gasteiger partial charge in [0.2, 0.25) is 0 Å². The zero-order chi connectivity index (χ0) is 18.0. The number of carboxylic acid groups (broad SMARTS) is 1. The van der Waals surface area contributed by atoms with Crippen LogP contribution in [0.25, 0.3) is 0 Å². The predicted octanol–water partition coefficient (Wildman–Crippen LogP) is 4.16. The Morgan fingerprint density at radius 1 is 0.875 bits per heavy atom. The molecule has 0 heterocycles. The Kier molecular flexibility index (Phi) is 15.1. The lowest BCUT2D eigenvalue weighted by molar-refractivity contribution is -0.137. The van der Waals surface area contributed by atoms with Crippen LogP contribution in [0.4, 0.5) is 0 Å². The average molecular weight is 336 g/mol. The molecule has 4 nitrogen and oxygen atoms in total. The Morgan fingerprint density at radius 3 is 1.92 bits per heavy atom. The quantitative estimate of drug-likeness (QED) is 0.329. The summed E-state index contributed by atoms with van der Waals surface area (Å²) < 4.78 is 0. The fourth-order valence-corrected chi connectivity index (χ4v) is 2.04. The minimum atomic E-state index is -0.833. The maximum atomic E-state index is 10.3. The van der Waals surface area contributed by atoms with Crippen molar-refractivity contribution >= 4 is 5.97 Å². The molecule has 4 heteroatoms. The van der Waals surface area contributed by atoms with Crippen LogP contribution in [0.3, 0.4) is 0 Å². The van der Waals surface area contributed by atoms with Gasteiger partial charge in [0, 0.05) is 6.42 Å². The maximum Gasteiger partial charge on any atom is 0.303 e. The Bertz CT molecular complexity index is 421. The number of hydrogen-bond donors (Lipinski definition) is 3. The number of carboxylic acids is 1. The lowest BCUT2D eigenvalue weighted by Gasteiger charge is -2.02. The van der Waals surface area contributed by atoms with Gasteiger partial charge in [0.1, 0.15) is 0 Å². The van der Waals surface area contributed by atoms with E-state index in [1.165, 1.54) is 0 Å². The van der Waals surface area contributed by atoms with Crippen molar-refractivity contribution < 1.29 is 20.1 Å². The molecular weight excluding hydrogens is 304 g/mol. The van der Waals surface area contributed by atoms with E-state index < -0.39 is 12.1 Å². The van der Waals surface area contributed by atoms with Crippen LogP contribution in [0.2, 0.25) is 0 Å². The molecule has 0 radical (unpaired) electrons. The molecule has 0 amide bonds. The predicted molar refractivity (Wildman–Crippen MR) is 98.8 cm³/mol. The summed E-state index contributed by atoms with van der Waals surface area (Å²) in [4.78, 5) is 10.3. The molecule has 0 aromatic carbocycles. The van der Waals surface area contributed by atoms with Crippen LogP contribution in [0.5, 0.6) is 0 Å². The van der Waals surface area contributed by atoms with Gasteiger partial charge in [-0.15, -0.1) is 0 Å². The van der Waals surface area contributed by atoms with Gasteiger partial charge in [-0.3, -0.25) is 4.79 Å². The first-order valence-electron chi connectivity index (χ1n) is 8.80. The van der Waals surface area contributed by atoms with Crippen LogP contribution in [0.1, 0.15) is 58.3 Å². The van der Waals surface area contributed by atoms with Crippen molar-refractivity contribution in [2.45, 2.75) is 70.5 Å². The van der Waals surface area contributed by atoms with Crippen molar-refractivity contribution in [2.75, 3.05) is 0 Å². The van der Waals surface area contributed by atoms with Crippen molar-refractivity contribution in [3.63, 3.8) is 0 Å². The molecule has 24 heavy (non-hydrogen) atoms. The Labute approximate surface area is 145 Å². The van der Waals surface area contributed by atoms with Gasteiger partial charge in [0.15, 0.2) is 0 Å². The number of aliphatic hydroxyl groups is 2. The fourth-order valence-electron chi connectivity index (χ4n) is 2.04. The molecule has 0 spiro atoms. The van der Waals surface area contributed by atoms with Crippen LogP contribution in [-0.4, -0.2) is 33.5 Å². The third-order valence-corrected chi connectivity index (χ3v) is 3.43. The van der Waals surface area contributed by atoms with E-state index in [0.717, 1.165) is 32.1 Å². The van der Waals surface area contributed by atoms with Gasteiger partial charge in [0.05, 0.1) is 12.2 Å². The molecule has 0 saturated heterocycles. The summed E-state index contributed by atoms with van der Waals surface area (Å²) in [6.07, 6.45) is 19.9. The number of unbranched alkanes of at least 4 members (excludes halogenated alkanes) is 2. The SMILES string of the molecule is CCCCC[C@H](O)C=CC=CCC=CC=C[C@@H](O)CCCC(=O)O. The van der Waals surface area contributed by atoms with E-state index in [0.29, 0.717) is 12.8 Å². The molecule has 136 valence electrons. The summed E-state index contributed by atoms with van der Waals surface area (Å²) >= 11 is 0. The Hall–Kier alpha value is -1.65. The third-order valence-electron chi connectivity index (χ3n) is 3.43. The third kappa shape index (κ3) is 16.7. The zero-order valence-electron chi connectivity index (χ0n) is 14.7. The van der Waals surface area contributed by atoms with Crippen LogP contribution in [0.15, 0.2) is 48.6 Å². The van der Waals surface area contributed by atoms with Gasteiger partial charge in [-0.25, -0.2) is 0 Å². The monoisotopic (exact) mass is 336 g/mol. The molecule has 3 N–H and O–H groups in total. The topological polar surface area (TPSA) is 77.8 Å². The number of carbonyl (C=O) groups is 1. The van der Waals surface area contributed by atoms with Gasteiger partial charge in [-0.05, 0) is 25.7 Å². The average Bonchev–Trinajstić information content (AvgIpc) is 2.53. The largest absolute Gasteiger partial charge is 0.481 e. The van der Waals surface area contributed by atoms with Crippen molar-refractivity contribution in [1.82, 2.24) is 0 Å². The molecule has 0 bridgehead atoms. The van der Waals surface area contributed by atoms with Gasteiger partial charge in [0.25, 0.3) is 0 Å². The van der Waals surface area contributed by atoms with E-state index in [1.54, 1.807) is 12.2 Å². The normalized spacial score (nSPS) is 15.1. The van der Waals surface area contributed by atoms with E-state index >= 15 is 0 Å². The van der Waals surface area contributed by atoms with Crippen LogP contribution >= 0.6 is 0 Å². The van der Waals surface area contributed by atoms with E-state index in [1.807, 2.05) is 36.5 Å². The summed E-state index contributed by atoms with van der Waals surface area (Å²) in [7, 11) is 0. The summed E-state index contributed by atoms with van der Waals surface area (Å²) in [5, 5.41) is 27.8. The number of aliphatic hydroxyl groups excluding tert-OH is 2. The highest BCUT2D eigenvalue weighted by molar-refractivity contribution is 5.66. The first-order chi connectivity index (χ1) is 11.6. The molecule has 0 saturated carbocycles. The van der Waals surface area contributed by atoms with Gasteiger partial charge in [-0.1, -0.05) is 74.8 Å². The molecule has 0 unspecified atom stereocenters. The first-order valence-corrected chi connectivity index (χ1v) is 8.80. The van der Waals surface area contributed by atoms with Crippen molar-refractivity contribution in [3.05, 3.63) is 48.6 Å². The smallest absolute Gasteiger partial charge is 0.303 e. The standard InChI is InChI=1S/C20H32O4/c1-2-3-9-13-18(21)14-10-7-5-4-6-8-11-15-19(22)16-12-17-20(23)24/h5-8,10-11,14-15,18-19,21-22H,2-4,9,12-13,16-17H2,1H3,(H,23,24)/t18-,19+/m0/s1. The molecule has 0 aliphatic heterocycles. The second-order valence-electron chi connectivity index (χ2n) is 5.78. The first kappa shape index (κ1) is 22.4.